The third-order valence-electron chi connectivity index (χ3n) is 3.36. The molecule has 1 fully saturated rings. The number of anilines is 1. The van der Waals surface area contributed by atoms with E-state index >= 15 is 0 Å². The second-order valence-corrected chi connectivity index (χ2v) is 5.99. The van der Waals surface area contributed by atoms with Crippen LogP contribution in [-0.2, 0) is 11.3 Å². The number of nitrogens with zero attached hydrogens (tertiary/aromatic N) is 3. The molecular formula is C12H23ClN4OS. The van der Waals surface area contributed by atoms with Crippen molar-refractivity contribution in [2.24, 2.45) is 0 Å². The van der Waals surface area contributed by atoms with Crippen LogP contribution in [0.15, 0.2) is 6.20 Å². The Morgan fingerprint density at radius 3 is 2.79 bits per heavy atom. The lowest BCUT2D eigenvalue weighted by Crippen LogP contribution is -2.44. The monoisotopic (exact) mass is 306 g/mol. The summed E-state index contributed by atoms with van der Waals surface area (Å²) in [6.07, 6.45) is 1.87. The Hall–Kier alpha value is -0.400. The minimum absolute atomic E-state index is 0. The van der Waals surface area contributed by atoms with Gasteiger partial charge in [-0.3, -0.25) is 9.80 Å². The Morgan fingerprint density at radius 1 is 1.53 bits per heavy atom. The van der Waals surface area contributed by atoms with Gasteiger partial charge >= 0.3 is 0 Å². The largest absolute Gasteiger partial charge is 0.379 e. The topological polar surface area (TPSA) is 54.6 Å². The molecular weight excluding hydrogens is 284 g/mol. The molecule has 1 aromatic rings. The first-order valence-corrected chi connectivity index (χ1v) is 7.17. The highest BCUT2D eigenvalue weighted by molar-refractivity contribution is 7.15. The first-order valence-electron chi connectivity index (χ1n) is 6.35. The van der Waals surface area contributed by atoms with Crippen LogP contribution in [0.1, 0.15) is 11.8 Å². The van der Waals surface area contributed by atoms with E-state index in [1.54, 1.807) is 11.3 Å². The standard InChI is InChI=1S/C12H22N4OS.ClH/c1-10(8-16-3-5-17-6-4-16)15(2)9-11-7-14-12(13)18-11;/h7,10H,3-6,8-9H2,1-2H3,(H2,13,14);1H. The number of halogens is 1. The van der Waals surface area contributed by atoms with Crippen LogP contribution in [0.5, 0.6) is 0 Å². The van der Waals surface area contributed by atoms with Crippen LogP contribution in [0.3, 0.4) is 0 Å². The third kappa shape index (κ3) is 5.24. The molecule has 1 aromatic heterocycles. The van der Waals surface area contributed by atoms with Gasteiger partial charge in [0.15, 0.2) is 5.13 Å². The number of rotatable bonds is 5. The van der Waals surface area contributed by atoms with Gasteiger partial charge in [-0.25, -0.2) is 4.98 Å². The number of thiazole rings is 1. The molecule has 2 N–H and O–H groups in total. The molecule has 0 radical (unpaired) electrons. The van der Waals surface area contributed by atoms with Gasteiger partial charge in [0.1, 0.15) is 0 Å². The first-order chi connectivity index (χ1) is 8.65. The molecule has 1 saturated heterocycles. The average Bonchev–Trinajstić information content (AvgIpc) is 2.76. The molecule has 7 heteroatoms. The number of aromatic nitrogens is 1. The fourth-order valence-electron chi connectivity index (χ4n) is 2.09. The average molecular weight is 307 g/mol. The van der Waals surface area contributed by atoms with E-state index < -0.39 is 0 Å². The molecule has 0 amide bonds. The zero-order chi connectivity index (χ0) is 13.0. The Morgan fingerprint density at radius 2 is 2.21 bits per heavy atom. The summed E-state index contributed by atoms with van der Waals surface area (Å²) in [4.78, 5) is 10.1. The van der Waals surface area contributed by atoms with Crippen LogP contribution in [0, 0.1) is 0 Å². The molecule has 1 aliphatic heterocycles. The van der Waals surface area contributed by atoms with Crippen LogP contribution in [0.2, 0.25) is 0 Å². The van der Waals surface area contributed by atoms with E-state index in [2.05, 4.69) is 28.8 Å². The summed E-state index contributed by atoms with van der Waals surface area (Å²) < 4.78 is 5.36. The van der Waals surface area contributed by atoms with Gasteiger partial charge in [0.05, 0.1) is 13.2 Å². The molecule has 5 nitrogen and oxygen atoms in total. The molecule has 110 valence electrons. The normalized spacial score (nSPS) is 18.3. The lowest BCUT2D eigenvalue weighted by molar-refractivity contribution is 0.0263. The van der Waals surface area contributed by atoms with E-state index in [-0.39, 0.29) is 12.4 Å². The van der Waals surface area contributed by atoms with E-state index in [1.807, 2.05) is 6.20 Å². The van der Waals surface area contributed by atoms with Gasteiger partial charge in [-0.05, 0) is 14.0 Å². The molecule has 0 spiro atoms. The molecule has 2 rings (SSSR count). The molecule has 0 aromatic carbocycles. The van der Waals surface area contributed by atoms with E-state index in [0.29, 0.717) is 11.2 Å². The minimum atomic E-state index is 0. The lowest BCUT2D eigenvalue weighted by atomic mass is 10.2. The molecule has 0 bridgehead atoms. The summed E-state index contributed by atoms with van der Waals surface area (Å²) in [5.74, 6) is 0. The second-order valence-electron chi connectivity index (χ2n) is 4.84. The highest BCUT2D eigenvalue weighted by Gasteiger charge is 2.17. The molecule has 1 atom stereocenters. The number of morpholine rings is 1. The number of nitrogen functional groups attached to an aromatic ring is 1. The summed E-state index contributed by atoms with van der Waals surface area (Å²) in [5.41, 5.74) is 5.65. The third-order valence-corrected chi connectivity index (χ3v) is 4.17. The van der Waals surface area contributed by atoms with Gasteiger partial charge in [0.25, 0.3) is 0 Å². The predicted molar refractivity (Wildman–Crippen MR) is 82.0 cm³/mol. The van der Waals surface area contributed by atoms with Crippen molar-refractivity contribution in [2.75, 3.05) is 45.6 Å². The Balaban J connectivity index is 0.00000180. The van der Waals surface area contributed by atoms with E-state index in [1.165, 1.54) is 4.88 Å². The molecule has 0 aliphatic carbocycles. The Kier molecular flexibility index (Phi) is 7.02. The first kappa shape index (κ1) is 16.7. The van der Waals surface area contributed by atoms with Crippen molar-refractivity contribution >= 4 is 28.9 Å². The van der Waals surface area contributed by atoms with Crippen molar-refractivity contribution in [2.45, 2.75) is 19.5 Å². The molecule has 19 heavy (non-hydrogen) atoms. The summed E-state index contributed by atoms with van der Waals surface area (Å²) in [6, 6.07) is 0.520. The van der Waals surface area contributed by atoms with Gasteiger partial charge in [0, 0.05) is 43.3 Å². The lowest BCUT2D eigenvalue weighted by Gasteiger charge is -2.32. The van der Waals surface area contributed by atoms with Crippen molar-refractivity contribution in [1.82, 2.24) is 14.8 Å². The van der Waals surface area contributed by atoms with Crippen LogP contribution in [0.4, 0.5) is 5.13 Å². The number of ether oxygens (including phenoxy) is 1. The maximum absolute atomic E-state index is 5.65. The van der Waals surface area contributed by atoms with Crippen molar-refractivity contribution in [3.8, 4) is 0 Å². The van der Waals surface area contributed by atoms with Crippen molar-refractivity contribution in [3.05, 3.63) is 11.1 Å². The number of hydrogen-bond donors (Lipinski definition) is 1. The van der Waals surface area contributed by atoms with Crippen LogP contribution in [-0.4, -0.2) is 60.7 Å². The quantitative estimate of drug-likeness (QED) is 0.888. The maximum atomic E-state index is 5.65. The molecule has 1 unspecified atom stereocenters. The zero-order valence-corrected chi connectivity index (χ0v) is 13.2. The maximum Gasteiger partial charge on any atom is 0.180 e. The van der Waals surface area contributed by atoms with Crippen LogP contribution < -0.4 is 5.73 Å². The fourth-order valence-corrected chi connectivity index (χ4v) is 2.84. The highest BCUT2D eigenvalue weighted by Crippen LogP contribution is 2.17. The summed E-state index contributed by atoms with van der Waals surface area (Å²) in [6.45, 7) is 8.09. The SMILES string of the molecule is CC(CN1CCOCC1)N(C)Cc1cnc(N)s1.Cl. The summed E-state index contributed by atoms with van der Waals surface area (Å²) in [5, 5.41) is 0.652. The predicted octanol–water partition coefficient (Wildman–Crippen LogP) is 1.30. The smallest absolute Gasteiger partial charge is 0.180 e. The van der Waals surface area contributed by atoms with Gasteiger partial charge < -0.3 is 10.5 Å². The van der Waals surface area contributed by atoms with Crippen molar-refractivity contribution in [3.63, 3.8) is 0 Å². The van der Waals surface area contributed by atoms with Crippen molar-refractivity contribution in [1.29, 1.82) is 0 Å². The molecule has 2 heterocycles. The summed E-state index contributed by atoms with van der Waals surface area (Å²) in [7, 11) is 2.15. The van der Waals surface area contributed by atoms with Crippen LogP contribution >= 0.6 is 23.7 Å². The van der Waals surface area contributed by atoms with Gasteiger partial charge in [-0.2, -0.15) is 0 Å². The van der Waals surface area contributed by atoms with E-state index in [0.717, 1.165) is 39.4 Å². The zero-order valence-electron chi connectivity index (χ0n) is 11.5. The van der Waals surface area contributed by atoms with Crippen molar-refractivity contribution < 1.29 is 4.74 Å². The van der Waals surface area contributed by atoms with Gasteiger partial charge in [-0.15, -0.1) is 23.7 Å². The van der Waals surface area contributed by atoms with Crippen LogP contribution in [0.25, 0.3) is 0 Å². The fraction of sp³-hybridized carbons (Fsp3) is 0.750. The van der Waals surface area contributed by atoms with E-state index in [9.17, 15) is 0 Å². The Bertz CT molecular complexity index is 370. The number of hydrogen-bond acceptors (Lipinski definition) is 6. The second kappa shape index (κ2) is 8.01. The highest BCUT2D eigenvalue weighted by atomic mass is 35.5. The summed E-state index contributed by atoms with van der Waals surface area (Å²) >= 11 is 1.57. The van der Waals surface area contributed by atoms with Gasteiger partial charge in [0.2, 0.25) is 0 Å². The number of likely N-dealkylation sites (N-methyl/N-ethyl adjacent to an activating group) is 1. The number of nitrogens with two attached hydrogens (primary N) is 1. The Labute approximate surface area is 125 Å². The minimum Gasteiger partial charge on any atom is -0.379 e. The molecule has 1 aliphatic rings. The van der Waals surface area contributed by atoms with Gasteiger partial charge in [-0.1, -0.05) is 0 Å². The van der Waals surface area contributed by atoms with E-state index in [4.69, 9.17) is 10.5 Å². The molecule has 0 saturated carbocycles.